The van der Waals surface area contributed by atoms with E-state index >= 15 is 0 Å². The average Bonchev–Trinajstić information content (AvgIpc) is 2.53. The lowest BCUT2D eigenvalue weighted by atomic mass is 10.3. The van der Waals surface area contributed by atoms with Gasteiger partial charge >= 0.3 is 0 Å². The number of rotatable bonds is 2. The second-order valence-electron chi connectivity index (χ2n) is 3.62. The lowest BCUT2D eigenvalue weighted by Gasteiger charge is -2.10. The third kappa shape index (κ3) is 2.09. The van der Waals surface area contributed by atoms with E-state index < -0.39 is 0 Å². The molecule has 0 radical (unpaired) electrons. The summed E-state index contributed by atoms with van der Waals surface area (Å²) in [5.74, 6) is 0.410. The molecule has 0 aliphatic carbocycles. The van der Waals surface area contributed by atoms with Crippen molar-refractivity contribution in [3.63, 3.8) is 0 Å². The molecule has 4 heteroatoms. The van der Waals surface area contributed by atoms with Gasteiger partial charge in [0.25, 0.3) is 0 Å². The molecule has 80 valence electrons. The number of hydrogen-bond acceptors (Lipinski definition) is 3. The Morgan fingerprint density at radius 2 is 2.20 bits per heavy atom. The van der Waals surface area contributed by atoms with Crippen LogP contribution >= 0.6 is 11.8 Å². The van der Waals surface area contributed by atoms with Crippen LogP contribution < -0.4 is 0 Å². The Morgan fingerprint density at radius 1 is 1.47 bits per heavy atom. The first kappa shape index (κ1) is 10.4. The van der Waals surface area contributed by atoms with Crippen molar-refractivity contribution in [2.24, 2.45) is 0 Å². The summed E-state index contributed by atoms with van der Waals surface area (Å²) in [6.07, 6.45) is 0.855. The van der Waals surface area contributed by atoms with Crippen LogP contribution in [0.4, 0.5) is 0 Å². The predicted octanol–water partition coefficient (Wildman–Crippen LogP) is 1.72. The van der Waals surface area contributed by atoms with E-state index in [-0.39, 0.29) is 16.9 Å². The first-order valence-electron chi connectivity index (χ1n) is 4.88. The number of phenolic OH excluding ortho intramolecular Hbond substituents is 1. The smallest absolute Gasteiger partial charge is 0.235 e. The summed E-state index contributed by atoms with van der Waals surface area (Å²) in [7, 11) is 1.81. The van der Waals surface area contributed by atoms with Gasteiger partial charge in [0.2, 0.25) is 5.91 Å². The van der Waals surface area contributed by atoms with Crippen LogP contribution in [0.15, 0.2) is 29.2 Å². The number of carbonyl (C=O) groups excluding carboxylic acids is 1. The van der Waals surface area contributed by atoms with Gasteiger partial charge in [0, 0.05) is 18.5 Å². The molecule has 1 atom stereocenters. The maximum absolute atomic E-state index is 11.6. The number of nitrogens with zero attached hydrogens (tertiary/aromatic N) is 1. The van der Waals surface area contributed by atoms with Crippen molar-refractivity contribution in [1.82, 2.24) is 4.90 Å². The Bertz CT molecular complexity index is 381. The van der Waals surface area contributed by atoms with Crippen LogP contribution in [0.25, 0.3) is 0 Å². The van der Waals surface area contributed by atoms with Gasteiger partial charge in [-0.1, -0.05) is 12.1 Å². The van der Waals surface area contributed by atoms with E-state index in [1.165, 1.54) is 11.8 Å². The van der Waals surface area contributed by atoms with Crippen LogP contribution in [0.5, 0.6) is 5.75 Å². The normalized spacial score (nSPS) is 21.0. The molecule has 1 heterocycles. The Balaban J connectivity index is 2.10. The average molecular weight is 223 g/mol. The molecular formula is C11H13NO2S. The van der Waals surface area contributed by atoms with Crippen LogP contribution in [0, 0.1) is 0 Å². The Labute approximate surface area is 93.1 Å². The molecule has 0 saturated carbocycles. The molecule has 1 aliphatic rings. The molecule has 1 N–H and O–H groups in total. The zero-order valence-electron chi connectivity index (χ0n) is 8.51. The molecule has 1 aliphatic heterocycles. The van der Waals surface area contributed by atoms with E-state index in [4.69, 9.17) is 0 Å². The van der Waals surface area contributed by atoms with Crippen LogP contribution in [-0.4, -0.2) is 34.8 Å². The van der Waals surface area contributed by atoms with Crippen molar-refractivity contribution in [2.75, 3.05) is 13.6 Å². The van der Waals surface area contributed by atoms with Crippen molar-refractivity contribution >= 4 is 17.7 Å². The standard InChI is InChI=1S/C11H13NO2S/c1-12-7-6-10(11(12)14)15-9-5-3-2-4-8(9)13/h2-5,10,13H,6-7H2,1H3/t10-/m1/s1. The van der Waals surface area contributed by atoms with Gasteiger partial charge in [-0.05, 0) is 18.6 Å². The summed E-state index contributed by atoms with van der Waals surface area (Å²) in [5, 5.41) is 9.54. The SMILES string of the molecule is CN1CC[C@@H](Sc2ccccc2O)C1=O. The fourth-order valence-electron chi connectivity index (χ4n) is 1.61. The highest BCUT2D eigenvalue weighted by Gasteiger charge is 2.30. The van der Waals surface area contributed by atoms with E-state index in [1.54, 1.807) is 17.0 Å². The number of para-hydroxylation sites is 1. The third-order valence-electron chi connectivity index (χ3n) is 2.51. The first-order valence-corrected chi connectivity index (χ1v) is 5.76. The molecule has 1 fully saturated rings. The molecule has 0 aromatic heterocycles. The lowest BCUT2D eigenvalue weighted by molar-refractivity contribution is -0.126. The van der Waals surface area contributed by atoms with Crippen LogP contribution in [0.1, 0.15) is 6.42 Å². The molecule has 1 saturated heterocycles. The van der Waals surface area contributed by atoms with Gasteiger partial charge in [-0.2, -0.15) is 0 Å². The Morgan fingerprint density at radius 3 is 2.80 bits per heavy atom. The number of hydrogen-bond donors (Lipinski definition) is 1. The zero-order chi connectivity index (χ0) is 10.8. The van der Waals surface area contributed by atoms with Crippen molar-refractivity contribution < 1.29 is 9.90 Å². The minimum absolute atomic E-state index is 0.0386. The van der Waals surface area contributed by atoms with Gasteiger partial charge in [-0.15, -0.1) is 11.8 Å². The molecular weight excluding hydrogens is 210 g/mol. The summed E-state index contributed by atoms with van der Waals surface area (Å²) >= 11 is 1.45. The number of amides is 1. The predicted molar refractivity (Wildman–Crippen MR) is 60.0 cm³/mol. The Hall–Kier alpha value is -1.16. The minimum Gasteiger partial charge on any atom is -0.507 e. The van der Waals surface area contributed by atoms with Gasteiger partial charge in [-0.3, -0.25) is 4.79 Å². The van der Waals surface area contributed by atoms with Gasteiger partial charge in [-0.25, -0.2) is 0 Å². The third-order valence-corrected chi connectivity index (χ3v) is 3.83. The lowest BCUT2D eigenvalue weighted by Crippen LogP contribution is -2.23. The molecule has 1 aromatic rings. The second-order valence-corrected chi connectivity index (χ2v) is 4.87. The maximum Gasteiger partial charge on any atom is 0.235 e. The number of thioether (sulfide) groups is 1. The minimum atomic E-state index is -0.0386. The number of benzene rings is 1. The van der Waals surface area contributed by atoms with Gasteiger partial charge in [0.05, 0.1) is 5.25 Å². The van der Waals surface area contributed by atoms with Crippen molar-refractivity contribution in [1.29, 1.82) is 0 Å². The van der Waals surface area contributed by atoms with Crippen LogP contribution in [-0.2, 0) is 4.79 Å². The summed E-state index contributed by atoms with van der Waals surface area (Å²) < 4.78 is 0. The maximum atomic E-state index is 11.6. The molecule has 3 nitrogen and oxygen atoms in total. The fourth-order valence-corrected chi connectivity index (χ4v) is 2.77. The van der Waals surface area contributed by atoms with Crippen molar-refractivity contribution in [3.8, 4) is 5.75 Å². The number of likely N-dealkylation sites (tertiary alicyclic amines) is 1. The van der Waals surface area contributed by atoms with E-state index in [9.17, 15) is 9.90 Å². The number of aromatic hydroxyl groups is 1. The Kier molecular flexibility index (Phi) is 2.86. The number of phenols is 1. The van der Waals surface area contributed by atoms with E-state index in [2.05, 4.69) is 0 Å². The largest absolute Gasteiger partial charge is 0.507 e. The van der Waals surface area contributed by atoms with Gasteiger partial charge in [0.15, 0.2) is 0 Å². The topological polar surface area (TPSA) is 40.5 Å². The van der Waals surface area contributed by atoms with Gasteiger partial charge < -0.3 is 10.0 Å². The zero-order valence-corrected chi connectivity index (χ0v) is 9.33. The summed E-state index contributed by atoms with van der Waals surface area (Å²) in [5.41, 5.74) is 0. The van der Waals surface area contributed by atoms with Crippen molar-refractivity contribution in [3.05, 3.63) is 24.3 Å². The molecule has 1 amide bonds. The van der Waals surface area contributed by atoms with E-state index in [0.717, 1.165) is 17.9 Å². The quantitative estimate of drug-likeness (QED) is 0.830. The van der Waals surface area contributed by atoms with E-state index in [0.29, 0.717) is 0 Å². The first-order chi connectivity index (χ1) is 7.18. The molecule has 0 bridgehead atoms. The van der Waals surface area contributed by atoms with Crippen LogP contribution in [0.3, 0.4) is 0 Å². The summed E-state index contributed by atoms with van der Waals surface area (Å²) in [4.78, 5) is 14.2. The molecule has 0 spiro atoms. The van der Waals surface area contributed by atoms with Crippen molar-refractivity contribution in [2.45, 2.75) is 16.6 Å². The summed E-state index contributed by atoms with van der Waals surface area (Å²) in [6.45, 7) is 0.810. The monoisotopic (exact) mass is 223 g/mol. The molecule has 15 heavy (non-hydrogen) atoms. The summed E-state index contributed by atoms with van der Waals surface area (Å²) in [6, 6.07) is 7.13. The highest BCUT2D eigenvalue weighted by molar-refractivity contribution is 8.00. The highest BCUT2D eigenvalue weighted by atomic mass is 32.2. The molecule has 1 aromatic carbocycles. The van der Waals surface area contributed by atoms with Crippen LogP contribution in [0.2, 0.25) is 0 Å². The number of carbonyl (C=O) groups is 1. The van der Waals surface area contributed by atoms with Gasteiger partial charge in [0.1, 0.15) is 5.75 Å². The molecule has 2 rings (SSSR count). The molecule has 0 unspecified atom stereocenters. The second kappa shape index (κ2) is 4.14. The fraction of sp³-hybridized carbons (Fsp3) is 0.364. The van der Waals surface area contributed by atoms with E-state index in [1.807, 2.05) is 19.2 Å². The highest BCUT2D eigenvalue weighted by Crippen LogP contribution is 2.35.